The van der Waals surface area contributed by atoms with Gasteiger partial charge in [0, 0.05) is 19.2 Å². The van der Waals surface area contributed by atoms with Crippen LogP contribution in [0.5, 0.6) is 0 Å². The van der Waals surface area contributed by atoms with Gasteiger partial charge >= 0.3 is 0 Å². The van der Waals surface area contributed by atoms with Crippen molar-refractivity contribution in [2.45, 2.75) is 25.8 Å². The molecule has 1 aliphatic rings. The van der Waals surface area contributed by atoms with Gasteiger partial charge in [0.15, 0.2) is 5.65 Å². The molecule has 2 aromatic rings. The largest absolute Gasteiger partial charge is 0.340 e. The predicted molar refractivity (Wildman–Crippen MR) is 58.2 cm³/mol. The Labute approximate surface area is 87.9 Å². The van der Waals surface area contributed by atoms with E-state index >= 15 is 0 Å². The number of rotatable bonds is 3. The predicted octanol–water partition coefficient (Wildman–Crippen LogP) is 1.37. The van der Waals surface area contributed by atoms with E-state index in [4.69, 9.17) is 5.73 Å². The van der Waals surface area contributed by atoms with Gasteiger partial charge in [-0.25, -0.2) is 9.97 Å². The Morgan fingerprint density at radius 1 is 1.47 bits per heavy atom. The molecule has 4 nitrogen and oxygen atoms in total. The van der Waals surface area contributed by atoms with Crippen LogP contribution in [0.25, 0.3) is 11.2 Å². The Hall–Kier alpha value is -1.42. The van der Waals surface area contributed by atoms with Crippen molar-refractivity contribution in [2.24, 2.45) is 11.7 Å². The van der Waals surface area contributed by atoms with Crippen LogP contribution in [-0.4, -0.2) is 15.0 Å². The highest BCUT2D eigenvalue weighted by atomic mass is 15.0. The zero-order valence-corrected chi connectivity index (χ0v) is 8.53. The van der Waals surface area contributed by atoms with Gasteiger partial charge in [0.2, 0.25) is 0 Å². The number of nitrogens with one attached hydrogen (secondary N) is 1. The minimum absolute atomic E-state index is 0.532. The standard InChI is InChI=1S/C11H14N4/c12-6-8-3-4-13-11-10(8)14-9(15-11)5-7-1-2-7/h3-4,7H,1-2,5-6,12H2,(H,13,14,15). The zero-order valence-electron chi connectivity index (χ0n) is 8.53. The molecule has 3 rings (SSSR count). The van der Waals surface area contributed by atoms with Gasteiger partial charge in [0.25, 0.3) is 0 Å². The third kappa shape index (κ3) is 1.61. The van der Waals surface area contributed by atoms with E-state index in [2.05, 4.69) is 15.0 Å². The van der Waals surface area contributed by atoms with E-state index in [-0.39, 0.29) is 0 Å². The summed E-state index contributed by atoms with van der Waals surface area (Å²) in [5.41, 5.74) is 8.56. The summed E-state index contributed by atoms with van der Waals surface area (Å²) in [6, 6.07) is 1.95. The van der Waals surface area contributed by atoms with Gasteiger partial charge in [-0.2, -0.15) is 0 Å². The second kappa shape index (κ2) is 3.31. The van der Waals surface area contributed by atoms with Gasteiger partial charge in [-0.1, -0.05) is 0 Å². The molecule has 1 fully saturated rings. The lowest BCUT2D eigenvalue weighted by Crippen LogP contribution is -1.97. The van der Waals surface area contributed by atoms with Gasteiger partial charge in [0.05, 0.1) is 5.52 Å². The van der Waals surface area contributed by atoms with Gasteiger partial charge in [-0.3, -0.25) is 0 Å². The zero-order chi connectivity index (χ0) is 10.3. The number of nitrogens with two attached hydrogens (primary N) is 1. The molecule has 0 radical (unpaired) electrons. The average Bonchev–Trinajstić information content (AvgIpc) is 2.95. The SMILES string of the molecule is NCc1ccnc2nc(CC3CC3)[nH]c12. The molecule has 0 amide bonds. The molecule has 0 atom stereocenters. The van der Waals surface area contributed by atoms with Gasteiger partial charge in [0.1, 0.15) is 5.82 Å². The van der Waals surface area contributed by atoms with E-state index in [0.717, 1.165) is 34.9 Å². The molecule has 0 saturated heterocycles. The van der Waals surface area contributed by atoms with Crippen LogP contribution in [0.2, 0.25) is 0 Å². The van der Waals surface area contributed by atoms with Crippen LogP contribution in [0.15, 0.2) is 12.3 Å². The van der Waals surface area contributed by atoms with Crippen LogP contribution in [0.3, 0.4) is 0 Å². The fourth-order valence-corrected chi connectivity index (χ4v) is 1.87. The lowest BCUT2D eigenvalue weighted by molar-refractivity contribution is 0.787. The molecule has 0 unspecified atom stereocenters. The maximum atomic E-state index is 5.66. The summed E-state index contributed by atoms with van der Waals surface area (Å²) in [6.07, 6.45) is 5.51. The number of imidazole rings is 1. The molecule has 2 heterocycles. The van der Waals surface area contributed by atoms with Crippen LogP contribution in [-0.2, 0) is 13.0 Å². The monoisotopic (exact) mass is 202 g/mol. The molecule has 1 aliphatic carbocycles. The minimum Gasteiger partial charge on any atom is -0.340 e. The van der Waals surface area contributed by atoms with Crippen LogP contribution in [0.1, 0.15) is 24.2 Å². The fourth-order valence-electron chi connectivity index (χ4n) is 1.87. The number of aromatic amines is 1. The number of H-pyrrole nitrogens is 1. The highest BCUT2D eigenvalue weighted by Crippen LogP contribution is 2.32. The molecular weight excluding hydrogens is 188 g/mol. The smallest absolute Gasteiger partial charge is 0.178 e. The van der Waals surface area contributed by atoms with Crippen molar-refractivity contribution in [2.75, 3.05) is 0 Å². The number of aromatic nitrogens is 3. The van der Waals surface area contributed by atoms with Crippen molar-refractivity contribution in [1.29, 1.82) is 0 Å². The van der Waals surface area contributed by atoms with Crippen molar-refractivity contribution < 1.29 is 0 Å². The van der Waals surface area contributed by atoms with Crippen LogP contribution >= 0.6 is 0 Å². The van der Waals surface area contributed by atoms with Crippen molar-refractivity contribution in [1.82, 2.24) is 15.0 Å². The molecule has 0 aliphatic heterocycles. The van der Waals surface area contributed by atoms with E-state index in [1.807, 2.05) is 6.07 Å². The summed E-state index contributed by atoms with van der Waals surface area (Å²) in [4.78, 5) is 12.1. The summed E-state index contributed by atoms with van der Waals surface area (Å²) >= 11 is 0. The summed E-state index contributed by atoms with van der Waals surface area (Å²) in [7, 11) is 0. The highest BCUT2D eigenvalue weighted by molar-refractivity contribution is 5.74. The molecule has 4 heteroatoms. The molecule has 1 saturated carbocycles. The van der Waals surface area contributed by atoms with Crippen LogP contribution < -0.4 is 5.73 Å². The van der Waals surface area contributed by atoms with E-state index in [9.17, 15) is 0 Å². The Morgan fingerprint density at radius 2 is 2.33 bits per heavy atom. The molecule has 0 spiro atoms. The third-order valence-corrected chi connectivity index (χ3v) is 2.93. The number of hydrogen-bond acceptors (Lipinski definition) is 3. The van der Waals surface area contributed by atoms with Crippen LogP contribution in [0.4, 0.5) is 0 Å². The maximum absolute atomic E-state index is 5.66. The summed E-state index contributed by atoms with van der Waals surface area (Å²) in [5, 5.41) is 0. The van der Waals surface area contributed by atoms with E-state index in [1.165, 1.54) is 12.8 Å². The fraction of sp³-hybridized carbons (Fsp3) is 0.455. The van der Waals surface area contributed by atoms with Gasteiger partial charge < -0.3 is 10.7 Å². The summed E-state index contributed by atoms with van der Waals surface area (Å²) in [5.74, 6) is 1.90. The molecule has 2 aromatic heterocycles. The molecule has 0 bridgehead atoms. The number of hydrogen-bond donors (Lipinski definition) is 2. The number of pyridine rings is 1. The van der Waals surface area contributed by atoms with Crippen LogP contribution in [0, 0.1) is 5.92 Å². The minimum atomic E-state index is 0.532. The first-order valence-electron chi connectivity index (χ1n) is 5.39. The lowest BCUT2D eigenvalue weighted by Gasteiger charge is -1.95. The topological polar surface area (TPSA) is 67.6 Å². The third-order valence-electron chi connectivity index (χ3n) is 2.93. The Bertz CT molecular complexity index is 484. The first-order chi connectivity index (χ1) is 7.36. The van der Waals surface area contributed by atoms with E-state index < -0.39 is 0 Å². The first-order valence-corrected chi connectivity index (χ1v) is 5.39. The molecule has 78 valence electrons. The van der Waals surface area contributed by atoms with E-state index in [1.54, 1.807) is 6.20 Å². The molecule has 0 aromatic carbocycles. The second-order valence-corrected chi connectivity index (χ2v) is 4.20. The molecule has 3 N–H and O–H groups in total. The van der Waals surface area contributed by atoms with Crippen molar-refractivity contribution in [3.63, 3.8) is 0 Å². The molecular formula is C11H14N4. The lowest BCUT2D eigenvalue weighted by atomic mass is 10.2. The average molecular weight is 202 g/mol. The Kier molecular flexibility index (Phi) is 1.95. The Balaban J connectivity index is 2.03. The Morgan fingerprint density at radius 3 is 3.07 bits per heavy atom. The summed E-state index contributed by atoms with van der Waals surface area (Å²) in [6.45, 7) is 0.532. The van der Waals surface area contributed by atoms with Crippen molar-refractivity contribution in [3.05, 3.63) is 23.7 Å². The second-order valence-electron chi connectivity index (χ2n) is 4.20. The van der Waals surface area contributed by atoms with Crippen molar-refractivity contribution in [3.8, 4) is 0 Å². The first kappa shape index (κ1) is 8.85. The van der Waals surface area contributed by atoms with Gasteiger partial charge in [-0.15, -0.1) is 0 Å². The normalized spacial score (nSPS) is 16.1. The quantitative estimate of drug-likeness (QED) is 0.789. The van der Waals surface area contributed by atoms with Gasteiger partial charge in [-0.05, 0) is 30.4 Å². The number of fused-ring (bicyclic) bond motifs is 1. The van der Waals surface area contributed by atoms with E-state index in [0.29, 0.717) is 6.54 Å². The maximum Gasteiger partial charge on any atom is 0.178 e. The highest BCUT2D eigenvalue weighted by Gasteiger charge is 2.23. The summed E-state index contributed by atoms with van der Waals surface area (Å²) < 4.78 is 0. The molecule has 15 heavy (non-hydrogen) atoms. The van der Waals surface area contributed by atoms with Crippen molar-refractivity contribution >= 4 is 11.2 Å². The number of nitrogens with zero attached hydrogens (tertiary/aromatic N) is 2.